The van der Waals surface area contributed by atoms with Gasteiger partial charge in [0.2, 0.25) is 0 Å². The second-order valence-corrected chi connectivity index (χ2v) is 5.63. The van der Waals surface area contributed by atoms with Gasteiger partial charge in [0.1, 0.15) is 0 Å². The average molecular weight is 366 g/mol. The lowest BCUT2D eigenvalue weighted by atomic mass is 10.1. The number of anilines is 1. The van der Waals surface area contributed by atoms with Gasteiger partial charge in [-0.15, -0.1) is 0 Å². The van der Waals surface area contributed by atoms with Gasteiger partial charge in [0, 0.05) is 11.3 Å². The SMILES string of the molecule is Cc1cccc(NC(=O)[C@H](C)ONC(=O)c2cccc(C(F)(F)F)c2)c1. The van der Waals surface area contributed by atoms with Crippen molar-refractivity contribution in [1.82, 2.24) is 5.48 Å². The normalized spacial score (nSPS) is 12.3. The molecule has 2 aromatic carbocycles. The summed E-state index contributed by atoms with van der Waals surface area (Å²) in [5.41, 5.74) is 2.33. The third-order valence-electron chi connectivity index (χ3n) is 3.44. The molecule has 0 aromatic heterocycles. The van der Waals surface area contributed by atoms with Crippen LogP contribution in [0.15, 0.2) is 48.5 Å². The lowest BCUT2D eigenvalue weighted by Gasteiger charge is -2.14. The lowest BCUT2D eigenvalue weighted by Crippen LogP contribution is -2.35. The summed E-state index contributed by atoms with van der Waals surface area (Å²) < 4.78 is 38.0. The Kier molecular flexibility index (Phi) is 5.99. The van der Waals surface area contributed by atoms with E-state index < -0.39 is 29.7 Å². The summed E-state index contributed by atoms with van der Waals surface area (Å²) in [6.07, 6.45) is -5.61. The molecule has 138 valence electrons. The fourth-order valence-electron chi connectivity index (χ4n) is 2.06. The number of aryl methyl sites for hydroxylation is 1. The molecule has 2 amide bonds. The largest absolute Gasteiger partial charge is 0.416 e. The molecule has 0 radical (unpaired) electrons. The molecule has 0 aliphatic carbocycles. The van der Waals surface area contributed by atoms with E-state index in [1.54, 1.807) is 18.2 Å². The Morgan fingerprint density at radius 3 is 2.42 bits per heavy atom. The molecular weight excluding hydrogens is 349 g/mol. The highest BCUT2D eigenvalue weighted by Gasteiger charge is 2.31. The molecule has 0 fully saturated rings. The zero-order chi connectivity index (χ0) is 19.3. The number of carbonyl (C=O) groups is 2. The van der Waals surface area contributed by atoms with E-state index in [-0.39, 0.29) is 5.56 Å². The summed E-state index contributed by atoms with van der Waals surface area (Å²) in [6, 6.07) is 11.0. The highest BCUT2D eigenvalue weighted by atomic mass is 19.4. The van der Waals surface area contributed by atoms with Crippen molar-refractivity contribution in [3.8, 4) is 0 Å². The summed E-state index contributed by atoms with van der Waals surface area (Å²) >= 11 is 0. The van der Waals surface area contributed by atoms with E-state index in [1.807, 2.05) is 18.5 Å². The number of benzene rings is 2. The molecule has 0 unspecified atom stereocenters. The zero-order valence-electron chi connectivity index (χ0n) is 14.1. The first-order chi connectivity index (χ1) is 12.2. The average Bonchev–Trinajstić information content (AvgIpc) is 2.58. The van der Waals surface area contributed by atoms with Crippen LogP contribution in [-0.4, -0.2) is 17.9 Å². The number of halogens is 3. The second-order valence-electron chi connectivity index (χ2n) is 5.63. The van der Waals surface area contributed by atoms with E-state index in [9.17, 15) is 22.8 Å². The molecule has 5 nitrogen and oxygen atoms in total. The van der Waals surface area contributed by atoms with Crippen molar-refractivity contribution in [2.75, 3.05) is 5.32 Å². The third kappa shape index (κ3) is 5.32. The minimum Gasteiger partial charge on any atom is -0.324 e. The van der Waals surface area contributed by atoms with Gasteiger partial charge in [-0.2, -0.15) is 13.2 Å². The Morgan fingerprint density at radius 2 is 1.77 bits per heavy atom. The van der Waals surface area contributed by atoms with Crippen LogP contribution in [0.4, 0.5) is 18.9 Å². The van der Waals surface area contributed by atoms with Crippen LogP contribution < -0.4 is 10.8 Å². The predicted molar refractivity (Wildman–Crippen MR) is 89.3 cm³/mol. The second kappa shape index (κ2) is 8.01. The van der Waals surface area contributed by atoms with Crippen LogP contribution in [0, 0.1) is 6.92 Å². The van der Waals surface area contributed by atoms with Gasteiger partial charge in [0.15, 0.2) is 6.10 Å². The molecule has 2 rings (SSSR count). The van der Waals surface area contributed by atoms with Crippen molar-refractivity contribution in [3.63, 3.8) is 0 Å². The van der Waals surface area contributed by atoms with Gasteiger partial charge in [-0.3, -0.25) is 14.4 Å². The maximum absolute atomic E-state index is 12.7. The van der Waals surface area contributed by atoms with Crippen LogP contribution in [0.3, 0.4) is 0 Å². The number of nitrogens with one attached hydrogen (secondary N) is 2. The number of amides is 2. The summed E-state index contributed by atoms with van der Waals surface area (Å²) in [7, 11) is 0. The molecule has 1 atom stereocenters. The van der Waals surface area contributed by atoms with E-state index in [1.165, 1.54) is 13.0 Å². The monoisotopic (exact) mass is 366 g/mol. The van der Waals surface area contributed by atoms with Crippen LogP contribution >= 0.6 is 0 Å². The van der Waals surface area contributed by atoms with E-state index in [4.69, 9.17) is 4.84 Å². The summed E-state index contributed by atoms with van der Waals surface area (Å²) in [6.45, 7) is 3.27. The fourth-order valence-corrected chi connectivity index (χ4v) is 2.06. The molecule has 0 saturated carbocycles. The number of hydrogen-bond acceptors (Lipinski definition) is 3. The van der Waals surface area contributed by atoms with Crippen LogP contribution in [-0.2, 0) is 15.8 Å². The maximum Gasteiger partial charge on any atom is 0.416 e. The van der Waals surface area contributed by atoms with E-state index in [2.05, 4.69) is 5.32 Å². The standard InChI is InChI=1S/C18H17F3N2O3/c1-11-5-3-8-15(9-11)22-16(24)12(2)26-23-17(25)13-6-4-7-14(10-13)18(19,20)21/h3-10,12H,1-2H3,(H,22,24)(H,23,25)/t12-/m0/s1. The highest BCUT2D eigenvalue weighted by molar-refractivity contribution is 5.95. The van der Waals surface area contributed by atoms with Crippen molar-refractivity contribution in [2.45, 2.75) is 26.1 Å². The number of hydroxylamine groups is 1. The minimum atomic E-state index is -4.56. The zero-order valence-corrected chi connectivity index (χ0v) is 14.1. The molecular formula is C18H17F3N2O3. The number of hydrogen-bond donors (Lipinski definition) is 2. The van der Waals surface area contributed by atoms with Crippen molar-refractivity contribution >= 4 is 17.5 Å². The molecule has 0 heterocycles. The van der Waals surface area contributed by atoms with E-state index in [0.29, 0.717) is 11.8 Å². The third-order valence-corrected chi connectivity index (χ3v) is 3.44. The van der Waals surface area contributed by atoms with Gasteiger partial charge in [0.25, 0.3) is 11.8 Å². The van der Waals surface area contributed by atoms with Gasteiger partial charge in [-0.05, 0) is 49.7 Å². The molecule has 0 saturated heterocycles. The molecule has 2 N–H and O–H groups in total. The first-order valence-corrected chi connectivity index (χ1v) is 7.67. The summed E-state index contributed by atoms with van der Waals surface area (Å²) in [4.78, 5) is 28.9. The first kappa shape index (κ1) is 19.5. The topological polar surface area (TPSA) is 67.4 Å². The predicted octanol–water partition coefficient (Wildman–Crippen LogP) is 3.70. The number of rotatable bonds is 5. The quantitative estimate of drug-likeness (QED) is 0.793. The Hall–Kier alpha value is -2.87. The Morgan fingerprint density at radius 1 is 1.08 bits per heavy atom. The van der Waals surface area contributed by atoms with Gasteiger partial charge in [-0.25, -0.2) is 5.48 Å². The molecule has 2 aromatic rings. The molecule has 0 aliphatic heterocycles. The number of alkyl halides is 3. The smallest absolute Gasteiger partial charge is 0.324 e. The van der Waals surface area contributed by atoms with Gasteiger partial charge in [0.05, 0.1) is 5.56 Å². The lowest BCUT2D eigenvalue weighted by molar-refractivity contribution is -0.137. The fraction of sp³-hybridized carbons (Fsp3) is 0.222. The van der Waals surface area contributed by atoms with Crippen molar-refractivity contribution in [2.24, 2.45) is 0 Å². The van der Waals surface area contributed by atoms with E-state index >= 15 is 0 Å². The molecule has 0 aliphatic rings. The van der Waals surface area contributed by atoms with Crippen LogP contribution in [0.5, 0.6) is 0 Å². The van der Waals surface area contributed by atoms with Crippen molar-refractivity contribution in [3.05, 3.63) is 65.2 Å². The summed E-state index contributed by atoms with van der Waals surface area (Å²) in [5.74, 6) is -1.40. The minimum absolute atomic E-state index is 0.230. The highest BCUT2D eigenvalue weighted by Crippen LogP contribution is 2.29. The Balaban J connectivity index is 1.93. The Labute approximate surface area is 148 Å². The van der Waals surface area contributed by atoms with E-state index in [0.717, 1.165) is 17.7 Å². The van der Waals surface area contributed by atoms with Crippen LogP contribution in [0.1, 0.15) is 28.4 Å². The molecule has 0 spiro atoms. The van der Waals surface area contributed by atoms with Crippen LogP contribution in [0.25, 0.3) is 0 Å². The first-order valence-electron chi connectivity index (χ1n) is 7.67. The summed E-state index contributed by atoms with van der Waals surface area (Å²) in [5, 5.41) is 2.61. The maximum atomic E-state index is 12.7. The van der Waals surface area contributed by atoms with Gasteiger partial charge < -0.3 is 5.32 Å². The molecule has 0 bridgehead atoms. The van der Waals surface area contributed by atoms with Gasteiger partial charge in [-0.1, -0.05) is 18.2 Å². The van der Waals surface area contributed by atoms with Crippen LogP contribution in [0.2, 0.25) is 0 Å². The van der Waals surface area contributed by atoms with Crippen molar-refractivity contribution in [1.29, 1.82) is 0 Å². The van der Waals surface area contributed by atoms with Gasteiger partial charge >= 0.3 is 6.18 Å². The Bertz CT molecular complexity index is 806. The molecule has 26 heavy (non-hydrogen) atoms. The van der Waals surface area contributed by atoms with Crippen molar-refractivity contribution < 1.29 is 27.6 Å². The molecule has 8 heteroatoms. The number of carbonyl (C=O) groups excluding carboxylic acids is 2.